The number of hydrogen-bond acceptors (Lipinski definition) is 3. The molecule has 0 aromatic carbocycles. The van der Waals surface area contributed by atoms with Crippen LogP contribution in [-0.2, 0) is 14.3 Å². The zero-order valence-corrected chi connectivity index (χ0v) is 7.03. The van der Waals surface area contributed by atoms with Crippen LogP contribution in [0.5, 0.6) is 0 Å². The van der Waals surface area contributed by atoms with Gasteiger partial charge in [-0.25, -0.2) is 0 Å². The van der Waals surface area contributed by atoms with Gasteiger partial charge < -0.3 is 9.47 Å². The van der Waals surface area contributed by atoms with E-state index in [0.29, 0.717) is 13.2 Å². The summed E-state index contributed by atoms with van der Waals surface area (Å²) in [5, 5.41) is 0. The number of ether oxygens (including phenoxy) is 2. The first-order valence-corrected chi connectivity index (χ1v) is 4.24. The van der Waals surface area contributed by atoms with Crippen LogP contribution in [-0.4, -0.2) is 25.3 Å². The van der Waals surface area contributed by atoms with Gasteiger partial charge in [0.15, 0.2) is 0 Å². The Bertz CT molecular complexity index is 222. The predicted octanol–water partition coefficient (Wildman–Crippen LogP) is 0.751. The molecule has 2 aliphatic heterocycles. The second kappa shape index (κ2) is 2.90. The molecule has 3 unspecified atom stereocenters. The Balaban J connectivity index is 2.10. The topological polar surface area (TPSA) is 35.5 Å². The van der Waals surface area contributed by atoms with Crippen molar-refractivity contribution in [2.45, 2.75) is 13.0 Å². The third-order valence-corrected chi connectivity index (χ3v) is 2.51. The molecule has 3 atom stereocenters. The monoisotopic (exact) mass is 168 g/mol. The maximum Gasteiger partial charge on any atom is 0.311 e. The lowest BCUT2D eigenvalue weighted by Crippen LogP contribution is -2.17. The fraction of sp³-hybridized carbons (Fsp3) is 0.667. The second-order valence-corrected chi connectivity index (χ2v) is 3.22. The summed E-state index contributed by atoms with van der Waals surface area (Å²) in [6, 6.07) is 0. The normalized spacial score (nSPS) is 40.4. The number of rotatable bonds is 1. The van der Waals surface area contributed by atoms with Crippen molar-refractivity contribution >= 4 is 5.97 Å². The van der Waals surface area contributed by atoms with E-state index in [2.05, 4.69) is 0 Å². The number of carbonyl (C=O) groups is 1. The van der Waals surface area contributed by atoms with Crippen LogP contribution >= 0.6 is 0 Å². The lowest BCUT2D eigenvalue weighted by Gasteiger charge is -2.08. The average molecular weight is 168 g/mol. The predicted molar refractivity (Wildman–Crippen MR) is 42.5 cm³/mol. The van der Waals surface area contributed by atoms with Gasteiger partial charge >= 0.3 is 5.97 Å². The van der Waals surface area contributed by atoms with E-state index in [0.717, 1.165) is 0 Å². The molecule has 0 aliphatic carbocycles. The number of cyclic esters (lactones) is 1. The van der Waals surface area contributed by atoms with Crippen molar-refractivity contribution < 1.29 is 14.3 Å². The van der Waals surface area contributed by atoms with Crippen molar-refractivity contribution in [2.75, 3.05) is 13.2 Å². The highest BCUT2D eigenvalue weighted by atomic mass is 16.6. The minimum Gasteiger partial charge on any atom is -0.465 e. The summed E-state index contributed by atoms with van der Waals surface area (Å²) in [5.41, 5.74) is 0. The first-order chi connectivity index (χ1) is 5.83. The van der Waals surface area contributed by atoms with E-state index in [1.165, 1.54) is 0 Å². The molecule has 66 valence electrons. The van der Waals surface area contributed by atoms with Gasteiger partial charge in [0.1, 0.15) is 0 Å². The third kappa shape index (κ3) is 1.05. The summed E-state index contributed by atoms with van der Waals surface area (Å²) in [4.78, 5) is 11.1. The van der Waals surface area contributed by atoms with E-state index in [9.17, 15) is 4.79 Å². The van der Waals surface area contributed by atoms with Crippen molar-refractivity contribution in [1.82, 2.24) is 0 Å². The molecule has 0 aromatic rings. The summed E-state index contributed by atoms with van der Waals surface area (Å²) in [7, 11) is 0. The van der Waals surface area contributed by atoms with Gasteiger partial charge in [-0.15, -0.1) is 0 Å². The van der Waals surface area contributed by atoms with E-state index >= 15 is 0 Å². The Morgan fingerprint density at radius 3 is 3.08 bits per heavy atom. The highest BCUT2D eigenvalue weighted by Crippen LogP contribution is 2.33. The van der Waals surface area contributed by atoms with Crippen molar-refractivity contribution in [3.63, 3.8) is 0 Å². The molecule has 0 saturated carbocycles. The van der Waals surface area contributed by atoms with Crippen molar-refractivity contribution in [2.24, 2.45) is 11.8 Å². The highest BCUT2D eigenvalue weighted by molar-refractivity contribution is 5.75. The van der Waals surface area contributed by atoms with Crippen LogP contribution in [0.15, 0.2) is 12.2 Å². The van der Waals surface area contributed by atoms with Gasteiger partial charge in [0, 0.05) is 5.92 Å². The summed E-state index contributed by atoms with van der Waals surface area (Å²) in [6.45, 7) is 3.01. The molecule has 12 heavy (non-hydrogen) atoms. The van der Waals surface area contributed by atoms with Crippen LogP contribution in [0.25, 0.3) is 0 Å². The van der Waals surface area contributed by atoms with Crippen molar-refractivity contribution in [3.05, 3.63) is 12.2 Å². The number of allylic oxidation sites excluding steroid dienone is 1. The second-order valence-electron chi connectivity index (χ2n) is 3.22. The third-order valence-electron chi connectivity index (χ3n) is 2.51. The van der Waals surface area contributed by atoms with Crippen LogP contribution in [0.3, 0.4) is 0 Å². The first-order valence-electron chi connectivity index (χ1n) is 4.24. The highest BCUT2D eigenvalue weighted by Gasteiger charge is 2.46. The minimum absolute atomic E-state index is 0.00815. The fourth-order valence-corrected chi connectivity index (χ4v) is 1.82. The van der Waals surface area contributed by atoms with Crippen LogP contribution in [0.2, 0.25) is 0 Å². The number of carbonyl (C=O) groups excluding carboxylic acids is 1. The molecule has 0 bridgehead atoms. The fourth-order valence-electron chi connectivity index (χ4n) is 1.82. The quantitative estimate of drug-likeness (QED) is 0.428. The Morgan fingerprint density at radius 2 is 2.33 bits per heavy atom. The average Bonchev–Trinajstić information content (AvgIpc) is 2.58. The van der Waals surface area contributed by atoms with E-state index in [4.69, 9.17) is 9.47 Å². The minimum atomic E-state index is -0.0907. The molecule has 0 aromatic heterocycles. The van der Waals surface area contributed by atoms with Gasteiger partial charge in [0.05, 0.1) is 25.2 Å². The molecule has 3 nitrogen and oxygen atoms in total. The Morgan fingerprint density at radius 1 is 1.50 bits per heavy atom. The molecule has 0 spiro atoms. The Labute approximate surface area is 71.3 Å². The maximum absolute atomic E-state index is 11.1. The Kier molecular flexibility index (Phi) is 1.89. The molecule has 2 saturated heterocycles. The molecule has 0 radical (unpaired) electrons. The molecule has 0 N–H and O–H groups in total. The van der Waals surface area contributed by atoms with Gasteiger partial charge in [-0.05, 0) is 6.92 Å². The molecular formula is C9H12O3. The standard InChI is InChI=1S/C9H12O3/c1-2-3-8-6-4-12-9(10)7(6)5-11-8/h2-3,6-8H,4-5H2,1H3. The summed E-state index contributed by atoms with van der Waals surface area (Å²) < 4.78 is 10.4. The van der Waals surface area contributed by atoms with E-state index in [1.54, 1.807) is 0 Å². The van der Waals surface area contributed by atoms with Gasteiger partial charge in [-0.3, -0.25) is 4.79 Å². The lowest BCUT2D eigenvalue weighted by molar-refractivity contribution is -0.142. The van der Waals surface area contributed by atoms with E-state index in [-0.39, 0.29) is 23.9 Å². The van der Waals surface area contributed by atoms with Crippen LogP contribution < -0.4 is 0 Å². The Hall–Kier alpha value is -0.830. The van der Waals surface area contributed by atoms with Gasteiger partial charge in [0.2, 0.25) is 0 Å². The zero-order valence-electron chi connectivity index (χ0n) is 7.03. The molecule has 2 heterocycles. The van der Waals surface area contributed by atoms with E-state index < -0.39 is 0 Å². The molecule has 0 amide bonds. The van der Waals surface area contributed by atoms with Crippen LogP contribution in [0, 0.1) is 11.8 Å². The van der Waals surface area contributed by atoms with Gasteiger partial charge in [-0.2, -0.15) is 0 Å². The van der Waals surface area contributed by atoms with Crippen molar-refractivity contribution in [3.8, 4) is 0 Å². The van der Waals surface area contributed by atoms with Gasteiger partial charge in [-0.1, -0.05) is 12.2 Å². The molecule has 2 fully saturated rings. The van der Waals surface area contributed by atoms with Crippen LogP contribution in [0.1, 0.15) is 6.92 Å². The number of hydrogen-bond donors (Lipinski definition) is 0. The lowest BCUT2D eigenvalue weighted by atomic mass is 9.94. The first kappa shape index (κ1) is 7.80. The largest absolute Gasteiger partial charge is 0.465 e. The molecule has 2 aliphatic rings. The molecule has 3 heteroatoms. The smallest absolute Gasteiger partial charge is 0.311 e. The molecular weight excluding hydrogens is 156 g/mol. The number of esters is 1. The maximum atomic E-state index is 11.1. The number of fused-ring (bicyclic) bond motifs is 1. The SMILES string of the molecule is CC=CC1OCC2C(=O)OCC12. The van der Waals surface area contributed by atoms with Gasteiger partial charge in [0.25, 0.3) is 0 Å². The summed E-state index contributed by atoms with van der Waals surface area (Å²) in [6.07, 6.45) is 4.04. The van der Waals surface area contributed by atoms with Crippen molar-refractivity contribution in [1.29, 1.82) is 0 Å². The molecule has 2 rings (SSSR count). The van der Waals surface area contributed by atoms with Crippen LogP contribution in [0.4, 0.5) is 0 Å². The van der Waals surface area contributed by atoms with E-state index in [1.807, 2.05) is 19.1 Å². The summed E-state index contributed by atoms with van der Waals surface area (Å²) in [5.74, 6) is 0.159. The zero-order chi connectivity index (χ0) is 8.55. The summed E-state index contributed by atoms with van der Waals surface area (Å²) >= 11 is 0.